The van der Waals surface area contributed by atoms with Crippen LogP contribution in [0.5, 0.6) is 0 Å². The van der Waals surface area contributed by atoms with E-state index in [0.29, 0.717) is 16.8 Å². The SMILES string of the molecule is CC(C(=O)Nc1ccc(Cl)cn1)N1CCC(c2ccn[nH]2)CC1. The zero-order valence-corrected chi connectivity index (χ0v) is 13.8. The summed E-state index contributed by atoms with van der Waals surface area (Å²) in [7, 11) is 0. The van der Waals surface area contributed by atoms with Crippen molar-refractivity contribution in [3.8, 4) is 0 Å². The van der Waals surface area contributed by atoms with Crippen LogP contribution < -0.4 is 5.32 Å². The van der Waals surface area contributed by atoms with Gasteiger partial charge in [0.05, 0.1) is 11.1 Å². The standard InChI is InChI=1S/C16H20ClN5O/c1-11(16(23)20-15-3-2-13(17)10-18-15)22-8-5-12(6-9-22)14-4-7-19-21-14/h2-4,7,10-12H,5-6,8-9H2,1H3,(H,19,21)(H,18,20,23). The average Bonchev–Trinajstić information content (AvgIpc) is 3.11. The van der Waals surface area contributed by atoms with Gasteiger partial charge in [-0.15, -0.1) is 0 Å². The van der Waals surface area contributed by atoms with Crippen LogP contribution in [-0.4, -0.2) is 45.1 Å². The Kier molecular flexibility index (Phi) is 4.93. The number of pyridine rings is 1. The molecule has 2 aromatic rings. The second kappa shape index (κ2) is 7.10. The third-order valence-electron chi connectivity index (χ3n) is 4.40. The van der Waals surface area contributed by atoms with E-state index < -0.39 is 0 Å². The van der Waals surface area contributed by atoms with E-state index in [1.165, 1.54) is 11.9 Å². The number of aromatic amines is 1. The van der Waals surface area contributed by atoms with Gasteiger partial charge in [-0.2, -0.15) is 5.10 Å². The minimum Gasteiger partial charge on any atom is -0.309 e. The van der Waals surface area contributed by atoms with Gasteiger partial charge in [0.1, 0.15) is 5.82 Å². The lowest BCUT2D eigenvalue weighted by Gasteiger charge is -2.34. The van der Waals surface area contributed by atoms with Crippen molar-refractivity contribution >= 4 is 23.3 Å². The van der Waals surface area contributed by atoms with Gasteiger partial charge in [-0.05, 0) is 51.1 Å². The topological polar surface area (TPSA) is 73.9 Å². The first-order valence-corrected chi connectivity index (χ1v) is 8.17. The van der Waals surface area contributed by atoms with Gasteiger partial charge in [-0.3, -0.25) is 14.8 Å². The van der Waals surface area contributed by atoms with Crippen molar-refractivity contribution in [3.63, 3.8) is 0 Å². The Labute approximate surface area is 140 Å². The number of halogens is 1. The van der Waals surface area contributed by atoms with Crippen molar-refractivity contribution in [2.24, 2.45) is 0 Å². The molecule has 1 fully saturated rings. The molecule has 0 spiro atoms. The fraction of sp³-hybridized carbons (Fsp3) is 0.438. The van der Waals surface area contributed by atoms with Gasteiger partial charge in [0, 0.05) is 24.0 Å². The smallest absolute Gasteiger partial charge is 0.242 e. The van der Waals surface area contributed by atoms with Crippen LogP contribution in [0.25, 0.3) is 0 Å². The number of likely N-dealkylation sites (tertiary alicyclic amines) is 1. The summed E-state index contributed by atoms with van der Waals surface area (Å²) in [6.45, 7) is 3.72. The van der Waals surface area contributed by atoms with Gasteiger partial charge in [0.2, 0.25) is 5.91 Å². The Balaban J connectivity index is 1.53. The molecule has 0 radical (unpaired) electrons. The van der Waals surface area contributed by atoms with Gasteiger partial charge in [0.15, 0.2) is 0 Å². The summed E-state index contributed by atoms with van der Waals surface area (Å²) < 4.78 is 0. The fourth-order valence-electron chi connectivity index (χ4n) is 2.94. The quantitative estimate of drug-likeness (QED) is 0.902. The number of carbonyl (C=O) groups excluding carboxylic acids is 1. The van der Waals surface area contributed by atoms with Crippen LogP contribution in [0.15, 0.2) is 30.6 Å². The number of rotatable bonds is 4. The summed E-state index contributed by atoms with van der Waals surface area (Å²) in [6, 6.07) is 5.26. The minimum atomic E-state index is -0.185. The van der Waals surface area contributed by atoms with E-state index in [4.69, 9.17) is 11.6 Å². The third kappa shape index (κ3) is 3.89. The first-order valence-electron chi connectivity index (χ1n) is 7.79. The normalized spacial score (nSPS) is 17.8. The molecule has 7 heteroatoms. The first-order chi connectivity index (χ1) is 11.1. The van der Waals surface area contributed by atoms with Gasteiger partial charge < -0.3 is 5.32 Å². The maximum atomic E-state index is 12.4. The van der Waals surface area contributed by atoms with Crippen LogP contribution in [0.1, 0.15) is 31.4 Å². The largest absolute Gasteiger partial charge is 0.309 e. The fourth-order valence-corrected chi connectivity index (χ4v) is 3.05. The predicted molar refractivity (Wildman–Crippen MR) is 89.5 cm³/mol. The Morgan fingerprint density at radius 2 is 2.17 bits per heavy atom. The molecule has 1 saturated heterocycles. The van der Waals surface area contributed by atoms with Gasteiger partial charge in [0.25, 0.3) is 0 Å². The van der Waals surface area contributed by atoms with Gasteiger partial charge in [-0.25, -0.2) is 4.98 Å². The summed E-state index contributed by atoms with van der Waals surface area (Å²) in [5, 5.41) is 10.4. The molecule has 0 bridgehead atoms. The van der Waals surface area contributed by atoms with Crippen molar-refractivity contribution in [2.75, 3.05) is 18.4 Å². The number of nitrogens with one attached hydrogen (secondary N) is 2. The van der Waals surface area contributed by atoms with E-state index in [9.17, 15) is 4.79 Å². The van der Waals surface area contributed by atoms with Crippen molar-refractivity contribution in [2.45, 2.75) is 31.7 Å². The van der Waals surface area contributed by atoms with Crippen molar-refractivity contribution < 1.29 is 4.79 Å². The molecule has 1 amide bonds. The van der Waals surface area contributed by atoms with Crippen molar-refractivity contribution in [3.05, 3.63) is 41.3 Å². The number of carbonyl (C=O) groups is 1. The molecule has 122 valence electrons. The highest BCUT2D eigenvalue weighted by molar-refractivity contribution is 6.30. The van der Waals surface area contributed by atoms with E-state index in [1.54, 1.807) is 18.3 Å². The molecule has 2 N–H and O–H groups in total. The molecule has 6 nitrogen and oxygen atoms in total. The maximum Gasteiger partial charge on any atom is 0.242 e. The van der Waals surface area contributed by atoms with Crippen LogP contribution in [-0.2, 0) is 4.79 Å². The molecular weight excluding hydrogens is 314 g/mol. The van der Waals surface area contributed by atoms with E-state index in [0.717, 1.165) is 25.9 Å². The van der Waals surface area contributed by atoms with Crippen LogP contribution in [0.2, 0.25) is 5.02 Å². The second-order valence-electron chi connectivity index (χ2n) is 5.85. The van der Waals surface area contributed by atoms with Gasteiger partial charge >= 0.3 is 0 Å². The number of piperidine rings is 1. The Bertz CT molecular complexity index is 635. The first kappa shape index (κ1) is 16.0. The molecule has 1 unspecified atom stereocenters. The predicted octanol–water partition coefficient (Wildman–Crippen LogP) is 2.66. The Hall–Kier alpha value is -1.92. The molecule has 1 atom stereocenters. The van der Waals surface area contributed by atoms with Crippen molar-refractivity contribution in [1.82, 2.24) is 20.1 Å². The third-order valence-corrected chi connectivity index (χ3v) is 4.62. The summed E-state index contributed by atoms with van der Waals surface area (Å²) >= 11 is 5.80. The molecule has 0 aliphatic carbocycles. The number of hydrogen-bond acceptors (Lipinski definition) is 4. The van der Waals surface area contributed by atoms with E-state index in [1.807, 2.05) is 13.0 Å². The lowest BCUT2D eigenvalue weighted by Crippen LogP contribution is -2.45. The Morgan fingerprint density at radius 1 is 1.39 bits per heavy atom. The molecule has 3 heterocycles. The number of aromatic nitrogens is 3. The number of nitrogens with zero attached hydrogens (tertiary/aromatic N) is 3. The molecule has 0 saturated carbocycles. The molecule has 0 aromatic carbocycles. The summed E-state index contributed by atoms with van der Waals surface area (Å²) in [5.41, 5.74) is 1.19. The number of hydrogen-bond donors (Lipinski definition) is 2. The molecule has 3 rings (SSSR count). The lowest BCUT2D eigenvalue weighted by molar-refractivity contribution is -0.121. The number of anilines is 1. The van der Waals surface area contributed by atoms with Crippen LogP contribution in [0.3, 0.4) is 0 Å². The van der Waals surface area contributed by atoms with E-state index in [2.05, 4.69) is 25.4 Å². The number of amides is 1. The maximum absolute atomic E-state index is 12.4. The second-order valence-corrected chi connectivity index (χ2v) is 6.29. The minimum absolute atomic E-state index is 0.0418. The zero-order chi connectivity index (χ0) is 16.2. The van der Waals surface area contributed by atoms with Crippen molar-refractivity contribution in [1.29, 1.82) is 0 Å². The molecule has 2 aromatic heterocycles. The van der Waals surface area contributed by atoms with Crippen LogP contribution in [0, 0.1) is 0 Å². The number of H-pyrrole nitrogens is 1. The monoisotopic (exact) mass is 333 g/mol. The zero-order valence-electron chi connectivity index (χ0n) is 13.0. The molecule has 1 aliphatic rings. The van der Waals surface area contributed by atoms with Crippen LogP contribution >= 0.6 is 11.6 Å². The summed E-state index contributed by atoms with van der Waals surface area (Å²) in [5.74, 6) is 0.986. The highest BCUT2D eigenvalue weighted by Gasteiger charge is 2.27. The van der Waals surface area contributed by atoms with Crippen LogP contribution in [0.4, 0.5) is 5.82 Å². The highest BCUT2D eigenvalue weighted by atomic mass is 35.5. The molecular formula is C16H20ClN5O. The molecule has 23 heavy (non-hydrogen) atoms. The molecule has 1 aliphatic heterocycles. The van der Waals surface area contributed by atoms with E-state index >= 15 is 0 Å². The summed E-state index contributed by atoms with van der Waals surface area (Å²) in [6.07, 6.45) is 5.37. The lowest BCUT2D eigenvalue weighted by atomic mass is 9.93. The van der Waals surface area contributed by atoms with Gasteiger partial charge in [-0.1, -0.05) is 11.6 Å². The summed E-state index contributed by atoms with van der Waals surface area (Å²) in [4.78, 5) is 18.7. The average molecular weight is 334 g/mol. The Morgan fingerprint density at radius 3 is 2.78 bits per heavy atom. The van der Waals surface area contributed by atoms with E-state index in [-0.39, 0.29) is 11.9 Å². The highest BCUT2D eigenvalue weighted by Crippen LogP contribution is 2.27.